The quantitative estimate of drug-likeness (QED) is 0.297. The molecule has 3 nitrogen and oxygen atoms in total. The first-order valence-electron chi connectivity index (χ1n) is 13.5. The SMILES string of the molecule is CC(C)(C)c1ccc(C2CC(=O)C3=C(C2)Nc2ccccc2NC3c2ccc(-c3ccccc3)cc2)cc1. The van der Waals surface area contributed by atoms with Crippen LogP contribution in [0.25, 0.3) is 11.1 Å². The maximum Gasteiger partial charge on any atom is 0.163 e. The normalized spacial score (nSPS) is 19.1. The van der Waals surface area contributed by atoms with Crippen LogP contribution in [0.3, 0.4) is 0 Å². The Morgan fingerprint density at radius 2 is 1.26 bits per heavy atom. The molecule has 0 saturated heterocycles. The fraction of sp³-hybridized carbons (Fsp3) is 0.229. The number of hydrogen-bond donors (Lipinski definition) is 2. The van der Waals surface area contributed by atoms with E-state index in [1.807, 2.05) is 18.2 Å². The van der Waals surface area contributed by atoms with Crippen molar-refractivity contribution in [2.75, 3.05) is 10.6 Å². The molecule has 0 radical (unpaired) electrons. The van der Waals surface area contributed by atoms with Crippen LogP contribution < -0.4 is 10.6 Å². The Balaban J connectivity index is 1.37. The standard InChI is InChI=1S/C35H34N2O/c1-35(2,3)28-19-17-25(18-20-28)27-21-31-33(32(38)22-27)34(37-30-12-8-7-11-29(30)36-31)26-15-13-24(14-16-26)23-9-5-4-6-10-23/h4-20,27,34,36-37H,21-22H2,1-3H3. The third-order valence-corrected chi connectivity index (χ3v) is 7.91. The summed E-state index contributed by atoms with van der Waals surface area (Å²) in [5.41, 5.74) is 10.0. The number of para-hydroxylation sites is 2. The summed E-state index contributed by atoms with van der Waals surface area (Å²) in [5, 5.41) is 7.36. The second-order valence-electron chi connectivity index (χ2n) is 11.5. The topological polar surface area (TPSA) is 41.1 Å². The molecule has 0 spiro atoms. The van der Waals surface area contributed by atoms with E-state index < -0.39 is 0 Å². The van der Waals surface area contributed by atoms with E-state index in [9.17, 15) is 4.79 Å². The average Bonchev–Trinajstić information content (AvgIpc) is 3.10. The Bertz CT molecular complexity index is 1490. The van der Waals surface area contributed by atoms with Crippen LogP contribution in [0.5, 0.6) is 0 Å². The second kappa shape index (κ2) is 9.64. The molecule has 1 aliphatic carbocycles. The minimum absolute atomic E-state index is 0.109. The number of allylic oxidation sites excluding steroid dienone is 1. The molecule has 0 aromatic heterocycles. The fourth-order valence-corrected chi connectivity index (χ4v) is 5.73. The highest BCUT2D eigenvalue weighted by Crippen LogP contribution is 2.44. The minimum atomic E-state index is -0.206. The molecule has 0 amide bonds. The van der Waals surface area contributed by atoms with Gasteiger partial charge in [0.25, 0.3) is 0 Å². The van der Waals surface area contributed by atoms with Gasteiger partial charge in [0, 0.05) is 17.7 Å². The maximum atomic E-state index is 13.9. The number of nitrogens with one attached hydrogen (secondary N) is 2. The Labute approximate surface area is 225 Å². The summed E-state index contributed by atoms with van der Waals surface area (Å²) < 4.78 is 0. The minimum Gasteiger partial charge on any atom is -0.372 e. The number of ketones is 1. The maximum absolute atomic E-state index is 13.9. The van der Waals surface area contributed by atoms with E-state index >= 15 is 0 Å². The number of carbonyl (C=O) groups is 1. The lowest BCUT2D eigenvalue weighted by molar-refractivity contribution is -0.116. The Morgan fingerprint density at radius 1 is 0.658 bits per heavy atom. The van der Waals surface area contributed by atoms with Crippen molar-refractivity contribution >= 4 is 17.2 Å². The van der Waals surface area contributed by atoms with Crippen molar-refractivity contribution in [1.29, 1.82) is 0 Å². The highest BCUT2D eigenvalue weighted by molar-refractivity contribution is 6.01. The van der Waals surface area contributed by atoms with Gasteiger partial charge in [0.2, 0.25) is 0 Å². The molecule has 1 aliphatic heterocycles. The Kier molecular flexibility index (Phi) is 6.15. The summed E-state index contributed by atoms with van der Waals surface area (Å²) in [5.74, 6) is 0.371. The van der Waals surface area contributed by atoms with Crippen molar-refractivity contribution in [3.63, 3.8) is 0 Å². The van der Waals surface area contributed by atoms with Gasteiger partial charge in [0.1, 0.15) is 0 Å². The number of rotatable bonds is 3. The van der Waals surface area contributed by atoms with Crippen molar-refractivity contribution < 1.29 is 4.79 Å². The molecule has 2 unspecified atom stereocenters. The first-order chi connectivity index (χ1) is 18.4. The second-order valence-corrected chi connectivity index (χ2v) is 11.5. The lowest BCUT2D eigenvalue weighted by atomic mass is 9.77. The zero-order valence-corrected chi connectivity index (χ0v) is 22.3. The highest BCUT2D eigenvalue weighted by Gasteiger charge is 2.36. The van der Waals surface area contributed by atoms with Crippen LogP contribution in [0, 0.1) is 0 Å². The van der Waals surface area contributed by atoms with Gasteiger partial charge in [-0.1, -0.05) is 112 Å². The smallest absolute Gasteiger partial charge is 0.163 e. The fourth-order valence-electron chi connectivity index (χ4n) is 5.73. The van der Waals surface area contributed by atoms with Crippen LogP contribution in [-0.4, -0.2) is 5.78 Å². The van der Waals surface area contributed by atoms with Gasteiger partial charge in [-0.15, -0.1) is 0 Å². The number of anilines is 2. The van der Waals surface area contributed by atoms with Crippen molar-refractivity contribution in [3.05, 3.63) is 131 Å². The van der Waals surface area contributed by atoms with Gasteiger partial charge in [-0.25, -0.2) is 0 Å². The van der Waals surface area contributed by atoms with Crippen LogP contribution in [0.4, 0.5) is 11.4 Å². The van der Waals surface area contributed by atoms with E-state index in [0.717, 1.165) is 34.6 Å². The molecule has 0 bridgehead atoms. The largest absolute Gasteiger partial charge is 0.372 e. The molecule has 2 aliphatic rings. The summed E-state index contributed by atoms with van der Waals surface area (Å²) in [6.45, 7) is 6.70. The molecule has 4 aromatic carbocycles. The molecule has 4 aromatic rings. The van der Waals surface area contributed by atoms with Gasteiger partial charge in [-0.05, 0) is 57.7 Å². The number of Topliss-reactive ketones (excluding diaryl/α,β-unsaturated/α-hetero) is 1. The zero-order chi connectivity index (χ0) is 26.3. The molecule has 190 valence electrons. The van der Waals surface area contributed by atoms with E-state index in [0.29, 0.717) is 6.42 Å². The van der Waals surface area contributed by atoms with Crippen molar-refractivity contribution in [1.82, 2.24) is 0 Å². The van der Waals surface area contributed by atoms with Crippen LogP contribution in [0.1, 0.15) is 62.3 Å². The summed E-state index contributed by atoms with van der Waals surface area (Å²) >= 11 is 0. The number of fused-ring (bicyclic) bond motifs is 1. The molecule has 3 heteroatoms. The summed E-state index contributed by atoms with van der Waals surface area (Å²) in [4.78, 5) is 13.9. The van der Waals surface area contributed by atoms with Gasteiger partial charge in [-0.2, -0.15) is 0 Å². The molecule has 2 atom stereocenters. The van der Waals surface area contributed by atoms with E-state index in [4.69, 9.17) is 0 Å². The van der Waals surface area contributed by atoms with Crippen molar-refractivity contribution in [2.45, 2.75) is 51.0 Å². The third kappa shape index (κ3) is 4.65. The molecule has 38 heavy (non-hydrogen) atoms. The Morgan fingerprint density at radius 3 is 1.95 bits per heavy atom. The first kappa shape index (κ1) is 24.2. The predicted molar refractivity (Wildman–Crippen MR) is 157 cm³/mol. The van der Waals surface area contributed by atoms with Gasteiger partial charge >= 0.3 is 0 Å². The molecule has 0 fully saturated rings. The number of carbonyl (C=O) groups excluding carboxylic acids is 1. The van der Waals surface area contributed by atoms with Crippen LogP contribution >= 0.6 is 0 Å². The molecular formula is C35H34N2O. The third-order valence-electron chi connectivity index (χ3n) is 7.91. The summed E-state index contributed by atoms with van der Waals surface area (Å²) in [6, 6.07) is 35.9. The molecule has 6 rings (SSSR count). The van der Waals surface area contributed by atoms with E-state index in [-0.39, 0.29) is 23.2 Å². The highest BCUT2D eigenvalue weighted by atomic mass is 16.1. The Hall–Kier alpha value is -4.11. The monoisotopic (exact) mass is 498 g/mol. The zero-order valence-electron chi connectivity index (χ0n) is 22.3. The van der Waals surface area contributed by atoms with Gasteiger partial charge in [0.05, 0.1) is 17.4 Å². The number of benzene rings is 4. The van der Waals surface area contributed by atoms with Gasteiger partial charge < -0.3 is 10.6 Å². The number of hydrogen-bond acceptors (Lipinski definition) is 3. The molecule has 1 heterocycles. The predicted octanol–water partition coefficient (Wildman–Crippen LogP) is 8.63. The van der Waals surface area contributed by atoms with Gasteiger partial charge in [0.15, 0.2) is 5.78 Å². The summed E-state index contributed by atoms with van der Waals surface area (Å²) in [6.07, 6.45) is 1.33. The lowest BCUT2D eigenvalue weighted by Gasteiger charge is -2.30. The molecule has 0 saturated carbocycles. The lowest BCUT2D eigenvalue weighted by Crippen LogP contribution is -2.27. The van der Waals surface area contributed by atoms with Gasteiger partial charge in [-0.3, -0.25) is 4.79 Å². The van der Waals surface area contributed by atoms with Crippen LogP contribution in [0.2, 0.25) is 0 Å². The summed E-state index contributed by atoms with van der Waals surface area (Å²) in [7, 11) is 0. The van der Waals surface area contributed by atoms with E-state index in [2.05, 4.69) is 116 Å². The van der Waals surface area contributed by atoms with E-state index in [1.165, 1.54) is 22.3 Å². The molecule has 2 N–H and O–H groups in total. The van der Waals surface area contributed by atoms with Crippen LogP contribution in [-0.2, 0) is 10.2 Å². The molecular weight excluding hydrogens is 464 g/mol. The van der Waals surface area contributed by atoms with E-state index in [1.54, 1.807) is 0 Å². The first-order valence-corrected chi connectivity index (χ1v) is 13.5. The van der Waals surface area contributed by atoms with Crippen molar-refractivity contribution in [3.8, 4) is 11.1 Å². The van der Waals surface area contributed by atoms with Crippen LogP contribution in [0.15, 0.2) is 114 Å². The van der Waals surface area contributed by atoms with Crippen molar-refractivity contribution in [2.24, 2.45) is 0 Å². The average molecular weight is 499 g/mol.